The van der Waals surface area contributed by atoms with E-state index in [9.17, 15) is 23.7 Å². The third kappa shape index (κ3) is 7.28. The third-order valence-electron chi connectivity index (χ3n) is 6.75. The number of nitrogens with one attached hydrogen (secondary N) is 2. The fraction of sp³-hybridized carbons (Fsp3) is 0.464. The normalized spacial score (nSPS) is 20.0. The zero-order chi connectivity index (χ0) is 29.9. The molecule has 0 bridgehead atoms. The Morgan fingerprint density at radius 1 is 1.22 bits per heavy atom. The molecule has 220 valence electrons. The number of carbonyl (C=O) groups is 4. The summed E-state index contributed by atoms with van der Waals surface area (Å²) >= 11 is -1.76. The number of hydrogen-bond acceptors (Lipinski definition) is 9. The molecular weight excluding hydrogens is 555 g/mol. The number of carbonyl (C=O) groups excluding carboxylic acids is 4. The fourth-order valence-corrected chi connectivity index (χ4v) is 5.33. The number of amides is 4. The highest BCUT2D eigenvalue weighted by Crippen LogP contribution is 2.32. The van der Waals surface area contributed by atoms with Crippen LogP contribution in [0.3, 0.4) is 0 Å². The van der Waals surface area contributed by atoms with Crippen molar-refractivity contribution in [3.63, 3.8) is 0 Å². The van der Waals surface area contributed by atoms with E-state index in [1.165, 1.54) is 18.3 Å². The minimum Gasteiger partial charge on any atom is -0.598 e. The van der Waals surface area contributed by atoms with Gasteiger partial charge < -0.3 is 14.0 Å². The number of urea groups is 1. The molecule has 11 nitrogen and oxygen atoms in total. The van der Waals surface area contributed by atoms with Gasteiger partial charge in [-0.05, 0) is 70.9 Å². The number of benzene rings is 1. The highest BCUT2D eigenvalue weighted by atomic mass is 32.2. The lowest BCUT2D eigenvalue weighted by Gasteiger charge is -2.37. The second-order valence-corrected chi connectivity index (χ2v) is 12.9. The number of nitrogens with zero attached hydrogens (tertiary/aromatic N) is 2. The minimum atomic E-state index is -1.82. The van der Waals surface area contributed by atoms with Crippen LogP contribution in [-0.2, 0) is 30.5 Å². The maximum Gasteiger partial charge on any atom is 0.331 e. The molecule has 2 aliphatic rings. The van der Waals surface area contributed by atoms with Crippen LogP contribution >= 0.6 is 0 Å². The highest BCUT2D eigenvalue weighted by molar-refractivity contribution is 7.90. The monoisotopic (exact) mass is 588 g/mol. The largest absolute Gasteiger partial charge is 0.598 e. The molecule has 1 aromatic carbocycles. The summed E-state index contributed by atoms with van der Waals surface area (Å²) in [5, 5.41) is 2.10. The molecule has 0 radical (unpaired) electrons. The maximum absolute atomic E-state index is 15.2. The first-order valence-electron chi connectivity index (χ1n) is 13.2. The molecule has 2 aromatic rings. The van der Waals surface area contributed by atoms with Gasteiger partial charge in [-0.1, -0.05) is 0 Å². The number of aryl methyl sites for hydroxylation is 1. The van der Waals surface area contributed by atoms with E-state index in [4.69, 9.17) is 9.47 Å². The molecule has 4 amide bonds. The second kappa shape index (κ2) is 12.6. The van der Waals surface area contributed by atoms with Crippen LogP contribution in [0.5, 0.6) is 11.5 Å². The number of aromatic nitrogens is 1. The zero-order valence-corrected chi connectivity index (χ0v) is 24.1. The first kappa shape index (κ1) is 30.6. The van der Waals surface area contributed by atoms with Gasteiger partial charge in [-0.3, -0.25) is 29.6 Å². The second-order valence-electron chi connectivity index (χ2n) is 10.9. The molecule has 0 saturated carbocycles. The summed E-state index contributed by atoms with van der Waals surface area (Å²) < 4.78 is 41.4. The van der Waals surface area contributed by atoms with Crippen LogP contribution in [0.25, 0.3) is 0 Å². The van der Waals surface area contributed by atoms with E-state index in [2.05, 4.69) is 15.0 Å². The van der Waals surface area contributed by atoms with Gasteiger partial charge in [-0.15, -0.1) is 4.72 Å². The molecule has 0 aliphatic carbocycles. The van der Waals surface area contributed by atoms with Crippen molar-refractivity contribution in [3.05, 3.63) is 53.6 Å². The van der Waals surface area contributed by atoms with E-state index >= 15 is 4.39 Å². The highest BCUT2D eigenvalue weighted by Gasteiger charge is 2.48. The summed E-state index contributed by atoms with van der Waals surface area (Å²) in [6.45, 7) is 7.57. The summed E-state index contributed by atoms with van der Waals surface area (Å²) in [6, 6.07) is 4.74. The van der Waals surface area contributed by atoms with E-state index in [1.54, 1.807) is 32.9 Å². The quantitative estimate of drug-likeness (QED) is 0.332. The number of rotatable bonds is 9. The van der Waals surface area contributed by atoms with Crippen LogP contribution in [0.4, 0.5) is 9.18 Å². The molecule has 3 heterocycles. The lowest BCUT2D eigenvalue weighted by atomic mass is 9.91. The molecule has 2 saturated heterocycles. The van der Waals surface area contributed by atoms with Crippen molar-refractivity contribution < 1.29 is 37.6 Å². The SMILES string of the molecule is Cc1ccc(Oc2ccc(F)c([C@@H](CC(=O)C3C(=O)NC(=O)N(C4CCOCC4)C3=O)N[S+]([O-])C(C)(C)C)c2)cn1. The van der Waals surface area contributed by atoms with Gasteiger partial charge in [0.1, 0.15) is 22.1 Å². The third-order valence-corrected chi connectivity index (χ3v) is 8.36. The summed E-state index contributed by atoms with van der Waals surface area (Å²) in [4.78, 5) is 57.2. The molecule has 13 heteroatoms. The first-order valence-corrected chi connectivity index (χ1v) is 14.4. The molecule has 41 heavy (non-hydrogen) atoms. The van der Waals surface area contributed by atoms with Crippen molar-refractivity contribution in [1.82, 2.24) is 19.9 Å². The number of imide groups is 2. The number of hydrogen-bond donors (Lipinski definition) is 2. The molecule has 4 rings (SSSR count). The predicted octanol–water partition coefficient (Wildman–Crippen LogP) is 3.25. The standard InChI is InChI=1S/C28H33FN4O7S/c1-16-5-6-19(15-30-16)40-18-7-8-21(29)20(13-18)22(32-41(38)28(2,3)4)14-23(34)24-25(35)31-27(37)33(26(24)36)17-9-11-39-12-10-17/h5-8,13,15,17,22,24,32H,9-12,14H2,1-4H3,(H,31,35,37)/t22-,24?,41?/m1/s1. The van der Waals surface area contributed by atoms with Crippen molar-refractivity contribution >= 4 is 35.0 Å². The number of ketones is 1. The molecule has 2 unspecified atom stereocenters. The average Bonchev–Trinajstić information content (AvgIpc) is 2.90. The van der Waals surface area contributed by atoms with Crippen molar-refractivity contribution in [3.8, 4) is 11.5 Å². The molecule has 3 atom stereocenters. The Bertz CT molecular complexity index is 1310. The van der Waals surface area contributed by atoms with Gasteiger partial charge in [-0.2, -0.15) is 0 Å². The van der Waals surface area contributed by atoms with E-state index in [0.29, 0.717) is 31.8 Å². The zero-order valence-electron chi connectivity index (χ0n) is 23.3. The molecule has 1 aromatic heterocycles. The van der Waals surface area contributed by atoms with Crippen molar-refractivity contribution in [2.75, 3.05) is 13.2 Å². The summed E-state index contributed by atoms with van der Waals surface area (Å²) in [5.41, 5.74) is 0.734. The molecular formula is C28H33FN4O7S. The Balaban J connectivity index is 1.62. The van der Waals surface area contributed by atoms with Crippen molar-refractivity contribution in [1.29, 1.82) is 0 Å². The Hall–Kier alpha value is -3.39. The smallest absolute Gasteiger partial charge is 0.331 e. The van der Waals surface area contributed by atoms with E-state index < -0.39 is 70.0 Å². The summed E-state index contributed by atoms with van der Waals surface area (Å²) in [7, 11) is 0. The first-order chi connectivity index (χ1) is 19.3. The van der Waals surface area contributed by atoms with E-state index in [0.717, 1.165) is 16.7 Å². The average molecular weight is 589 g/mol. The van der Waals surface area contributed by atoms with Crippen molar-refractivity contribution in [2.45, 2.75) is 63.8 Å². The fourth-order valence-electron chi connectivity index (χ4n) is 4.51. The van der Waals surface area contributed by atoms with Crippen LogP contribution < -0.4 is 14.8 Å². The van der Waals surface area contributed by atoms with Gasteiger partial charge in [0.25, 0.3) is 5.91 Å². The maximum atomic E-state index is 15.2. The molecule has 2 N–H and O–H groups in total. The number of pyridine rings is 1. The Morgan fingerprint density at radius 3 is 2.54 bits per heavy atom. The number of Topliss-reactive ketones (excluding diaryl/α,β-unsaturated/α-hetero) is 1. The van der Waals surface area contributed by atoms with Gasteiger partial charge in [0, 0.05) is 48.3 Å². The lowest BCUT2D eigenvalue weighted by molar-refractivity contribution is -0.149. The number of barbiturate groups is 1. The van der Waals surface area contributed by atoms with Gasteiger partial charge in [0.15, 0.2) is 11.7 Å². The Labute approximate surface area is 240 Å². The van der Waals surface area contributed by atoms with E-state index in [1.807, 2.05) is 6.92 Å². The number of halogens is 1. The topological polar surface area (TPSA) is 150 Å². The van der Waals surface area contributed by atoms with Crippen LogP contribution in [0.1, 0.15) is 57.3 Å². The van der Waals surface area contributed by atoms with Gasteiger partial charge >= 0.3 is 6.03 Å². The van der Waals surface area contributed by atoms with Crippen LogP contribution in [0, 0.1) is 18.7 Å². The van der Waals surface area contributed by atoms with Crippen molar-refractivity contribution in [2.24, 2.45) is 5.92 Å². The van der Waals surface area contributed by atoms with Gasteiger partial charge in [0.05, 0.1) is 12.2 Å². The lowest BCUT2D eigenvalue weighted by Crippen LogP contribution is -2.63. The van der Waals surface area contributed by atoms with Gasteiger partial charge in [0.2, 0.25) is 5.91 Å². The van der Waals surface area contributed by atoms with Crippen LogP contribution in [0.2, 0.25) is 0 Å². The molecule has 2 aliphatic heterocycles. The summed E-state index contributed by atoms with van der Waals surface area (Å²) in [5.74, 6) is -4.74. The Kier molecular flexibility index (Phi) is 9.42. The molecule has 2 fully saturated rings. The van der Waals surface area contributed by atoms with Crippen LogP contribution in [0.15, 0.2) is 36.5 Å². The number of ether oxygens (including phenoxy) is 2. The van der Waals surface area contributed by atoms with Gasteiger partial charge in [-0.25, -0.2) is 9.18 Å². The van der Waals surface area contributed by atoms with E-state index in [-0.39, 0.29) is 11.3 Å². The van der Waals surface area contributed by atoms with Crippen LogP contribution in [-0.4, -0.2) is 62.1 Å². The minimum absolute atomic E-state index is 0.0467. The molecule has 0 spiro atoms. The predicted molar refractivity (Wildman–Crippen MR) is 147 cm³/mol. The summed E-state index contributed by atoms with van der Waals surface area (Å²) in [6.07, 6.45) is 1.69. The Morgan fingerprint density at radius 2 is 1.90 bits per heavy atom.